The Morgan fingerprint density at radius 2 is 1.45 bits per heavy atom. The molecule has 0 bridgehead atoms. The number of amides is 2. The summed E-state index contributed by atoms with van der Waals surface area (Å²) in [5.41, 5.74) is 14.3. The summed E-state index contributed by atoms with van der Waals surface area (Å²) in [5, 5.41) is 18.1. The maximum Gasteiger partial charge on any atom is 0.224 e. The van der Waals surface area contributed by atoms with Crippen molar-refractivity contribution < 1.29 is 24.2 Å². The summed E-state index contributed by atoms with van der Waals surface area (Å²) in [6.45, 7) is 3.37. The largest absolute Gasteiger partial charge is 0.397 e. The van der Waals surface area contributed by atoms with E-state index in [1.54, 1.807) is 12.1 Å². The first-order valence-electron chi connectivity index (χ1n) is 21.0. The lowest BCUT2D eigenvalue weighted by Crippen LogP contribution is -2.38. The lowest BCUT2D eigenvalue weighted by atomic mass is 9.97. The van der Waals surface area contributed by atoms with Crippen LogP contribution in [0.5, 0.6) is 0 Å². The van der Waals surface area contributed by atoms with Crippen LogP contribution in [-0.2, 0) is 32.2 Å². The Labute approximate surface area is 353 Å². The van der Waals surface area contributed by atoms with E-state index in [4.69, 9.17) is 15.2 Å². The highest BCUT2D eigenvalue weighted by molar-refractivity contribution is 5.93. The van der Waals surface area contributed by atoms with Crippen LogP contribution < -0.4 is 16.4 Å². The lowest BCUT2D eigenvalue weighted by molar-refractivity contribution is -0.253. The number of anilines is 2. The molecule has 1 aliphatic rings. The zero-order chi connectivity index (χ0) is 41.8. The average molecular weight is 805 g/mol. The third-order valence-electron chi connectivity index (χ3n) is 11.6. The molecule has 2 amide bonds. The van der Waals surface area contributed by atoms with Gasteiger partial charge in [-0.2, -0.15) is 0 Å². The number of nitrogen functional groups attached to an aromatic ring is 1. The molecule has 60 heavy (non-hydrogen) atoms. The number of fused-ring (bicyclic) bond motifs is 1. The van der Waals surface area contributed by atoms with E-state index in [1.807, 2.05) is 54.6 Å². The lowest BCUT2D eigenvalue weighted by Gasteiger charge is -2.39. The Morgan fingerprint density at radius 1 is 0.767 bits per heavy atom. The molecular formula is C51H56N4O5. The predicted octanol–water partition coefficient (Wildman–Crippen LogP) is 10.0. The van der Waals surface area contributed by atoms with Gasteiger partial charge in [-0.05, 0) is 89.2 Å². The first kappa shape index (κ1) is 42.3. The second-order valence-corrected chi connectivity index (χ2v) is 15.8. The van der Waals surface area contributed by atoms with Gasteiger partial charge >= 0.3 is 0 Å². The molecule has 0 spiro atoms. The van der Waals surface area contributed by atoms with Gasteiger partial charge in [0.2, 0.25) is 11.8 Å². The minimum absolute atomic E-state index is 0.00493. The third kappa shape index (κ3) is 11.0. The highest BCUT2D eigenvalue weighted by Gasteiger charge is 2.33. The quantitative estimate of drug-likeness (QED) is 0.0534. The number of carbonyl (C=O) groups is 2. The maximum atomic E-state index is 12.8. The number of nitrogens with zero attached hydrogens (tertiary/aromatic N) is 1. The molecule has 1 saturated heterocycles. The molecule has 5 N–H and O–H groups in total. The van der Waals surface area contributed by atoms with Crippen LogP contribution in [0.2, 0.25) is 0 Å². The predicted molar refractivity (Wildman–Crippen MR) is 240 cm³/mol. The number of nitrogens with two attached hydrogens (primary N) is 1. The first-order chi connectivity index (χ1) is 29.2. The van der Waals surface area contributed by atoms with Crippen molar-refractivity contribution in [1.82, 2.24) is 10.2 Å². The number of unbranched alkanes of at least 4 members (excludes halogenated alkanes) is 2. The average Bonchev–Trinajstić information content (AvgIpc) is 3.28. The van der Waals surface area contributed by atoms with Crippen LogP contribution in [0.1, 0.15) is 91.7 Å². The van der Waals surface area contributed by atoms with Gasteiger partial charge in [-0.25, -0.2) is 0 Å². The van der Waals surface area contributed by atoms with Gasteiger partial charge in [0, 0.05) is 44.0 Å². The molecule has 4 unspecified atom stereocenters. The summed E-state index contributed by atoms with van der Waals surface area (Å²) in [6, 6.07) is 47.0. The van der Waals surface area contributed by atoms with E-state index in [9.17, 15) is 14.7 Å². The molecule has 310 valence electrons. The van der Waals surface area contributed by atoms with Crippen LogP contribution in [0.25, 0.3) is 21.9 Å². The standard InChI is InChI=1S/C51H56N4O5/c1-35(41-29-24-37-12-6-7-13-42(37)30-41)55(2)33-44-31-48(39-22-20-36(34-56)21-23-39)60-51(59-44)40-27-25-38(26-28-40)45-15-9-8-14-43(45)32-53-49(57)18-4-3-5-19-50(58)54-47-17-11-10-16-46(47)52/h6-17,20-30,35,44,48,51,56H,3-5,18-19,31-34,52H2,1-2H3,(H,53,57)(H,54,58). The summed E-state index contributed by atoms with van der Waals surface area (Å²) in [6.07, 6.45) is 2.80. The second kappa shape index (κ2) is 20.4. The van der Waals surface area contributed by atoms with Gasteiger partial charge in [-0.3, -0.25) is 14.5 Å². The number of ether oxygens (including phenoxy) is 2. The summed E-state index contributed by atoms with van der Waals surface area (Å²) in [7, 11) is 2.15. The van der Waals surface area contributed by atoms with Gasteiger partial charge < -0.3 is 30.9 Å². The van der Waals surface area contributed by atoms with Gasteiger partial charge in [0.15, 0.2) is 6.29 Å². The molecule has 0 aliphatic carbocycles. The summed E-state index contributed by atoms with van der Waals surface area (Å²) >= 11 is 0. The number of hydrogen-bond acceptors (Lipinski definition) is 7. The summed E-state index contributed by atoms with van der Waals surface area (Å²) in [4.78, 5) is 27.5. The Kier molecular flexibility index (Phi) is 14.4. The van der Waals surface area contributed by atoms with Gasteiger partial charge in [-0.15, -0.1) is 0 Å². The van der Waals surface area contributed by atoms with E-state index < -0.39 is 6.29 Å². The Morgan fingerprint density at radius 3 is 2.22 bits per heavy atom. The minimum Gasteiger partial charge on any atom is -0.397 e. The summed E-state index contributed by atoms with van der Waals surface area (Å²) in [5.74, 6) is -0.0916. The number of para-hydroxylation sites is 2. The Hall–Kier alpha value is -5.84. The topological polar surface area (TPSA) is 126 Å². The van der Waals surface area contributed by atoms with Crippen LogP contribution in [0.4, 0.5) is 11.4 Å². The maximum absolute atomic E-state index is 12.8. The van der Waals surface area contributed by atoms with Gasteiger partial charge in [0.1, 0.15) is 0 Å². The highest BCUT2D eigenvalue weighted by Crippen LogP contribution is 2.39. The molecule has 1 fully saturated rings. The van der Waals surface area contributed by atoms with Crippen molar-refractivity contribution in [3.05, 3.63) is 167 Å². The van der Waals surface area contributed by atoms with Crippen molar-refractivity contribution in [1.29, 1.82) is 0 Å². The molecule has 9 heteroatoms. The van der Waals surface area contributed by atoms with Crippen molar-refractivity contribution in [3.63, 3.8) is 0 Å². The summed E-state index contributed by atoms with van der Waals surface area (Å²) < 4.78 is 13.4. The molecule has 6 aromatic carbocycles. The van der Waals surface area contributed by atoms with Crippen molar-refractivity contribution in [2.45, 2.75) is 83.1 Å². The minimum atomic E-state index is -0.573. The molecular weight excluding hydrogens is 749 g/mol. The zero-order valence-corrected chi connectivity index (χ0v) is 34.6. The molecule has 4 atom stereocenters. The molecule has 6 aromatic rings. The van der Waals surface area contributed by atoms with E-state index in [0.29, 0.717) is 50.0 Å². The van der Waals surface area contributed by atoms with Crippen molar-refractivity contribution in [2.75, 3.05) is 24.6 Å². The fraction of sp³-hybridized carbons (Fsp3) is 0.294. The van der Waals surface area contributed by atoms with Crippen LogP contribution in [0.3, 0.4) is 0 Å². The van der Waals surface area contributed by atoms with E-state index in [0.717, 1.165) is 46.3 Å². The van der Waals surface area contributed by atoms with E-state index in [1.165, 1.54) is 16.3 Å². The highest BCUT2D eigenvalue weighted by atomic mass is 16.7. The van der Waals surface area contributed by atoms with Crippen LogP contribution in [-0.4, -0.2) is 41.5 Å². The van der Waals surface area contributed by atoms with E-state index >= 15 is 0 Å². The van der Waals surface area contributed by atoms with E-state index in [-0.39, 0.29) is 36.7 Å². The molecule has 9 nitrogen and oxygen atoms in total. The number of aliphatic hydroxyl groups is 1. The number of rotatable bonds is 17. The molecule has 0 saturated carbocycles. The normalized spacial score (nSPS) is 17.0. The number of benzene rings is 6. The molecule has 1 heterocycles. The van der Waals surface area contributed by atoms with Crippen molar-refractivity contribution >= 4 is 34.0 Å². The third-order valence-corrected chi connectivity index (χ3v) is 11.6. The number of nitrogens with one attached hydrogen (secondary N) is 2. The first-order valence-corrected chi connectivity index (χ1v) is 21.0. The SMILES string of the molecule is CC(c1ccc2ccccc2c1)N(C)CC1CC(c2ccc(CO)cc2)OC(c2ccc(-c3ccccc3CNC(=O)CCCCCC(=O)Nc3ccccc3N)cc2)O1. The van der Waals surface area contributed by atoms with Crippen molar-refractivity contribution in [2.24, 2.45) is 0 Å². The second-order valence-electron chi connectivity index (χ2n) is 15.8. The molecule has 0 aromatic heterocycles. The smallest absolute Gasteiger partial charge is 0.224 e. The molecule has 1 aliphatic heterocycles. The van der Waals surface area contributed by atoms with Gasteiger partial charge in [-0.1, -0.05) is 128 Å². The Bertz CT molecular complexity index is 2350. The van der Waals surface area contributed by atoms with Crippen LogP contribution in [0.15, 0.2) is 140 Å². The number of aliphatic hydroxyl groups excluding tert-OH is 1. The van der Waals surface area contributed by atoms with Gasteiger partial charge in [0.25, 0.3) is 0 Å². The number of hydrogen-bond donors (Lipinski definition) is 4. The monoisotopic (exact) mass is 804 g/mol. The van der Waals surface area contributed by atoms with Crippen LogP contribution >= 0.6 is 0 Å². The Balaban J connectivity index is 0.960. The number of likely N-dealkylation sites (N-methyl/N-ethyl adjacent to an activating group) is 1. The zero-order valence-electron chi connectivity index (χ0n) is 34.6. The molecule has 7 rings (SSSR count). The fourth-order valence-electron chi connectivity index (χ4n) is 7.86. The number of carbonyl (C=O) groups excluding carboxylic acids is 2. The van der Waals surface area contributed by atoms with Crippen LogP contribution in [0, 0.1) is 0 Å². The van der Waals surface area contributed by atoms with E-state index in [2.05, 4.69) is 102 Å². The molecule has 0 radical (unpaired) electrons. The van der Waals surface area contributed by atoms with Crippen molar-refractivity contribution in [3.8, 4) is 11.1 Å². The van der Waals surface area contributed by atoms with Gasteiger partial charge in [0.05, 0.1) is 30.2 Å². The fourth-order valence-corrected chi connectivity index (χ4v) is 7.86.